The van der Waals surface area contributed by atoms with Gasteiger partial charge in [-0.1, -0.05) is 0 Å². The van der Waals surface area contributed by atoms with E-state index < -0.39 is 24.9 Å². The van der Waals surface area contributed by atoms with Crippen LogP contribution >= 0.6 is 0 Å². The van der Waals surface area contributed by atoms with Crippen LogP contribution in [0.3, 0.4) is 0 Å². The Hall–Kier alpha value is -3.71. The fourth-order valence-electron chi connectivity index (χ4n) is 3.63. The highest BCUT2D eigenvalue weighted by atomic mass is 19.4. The van der Waals surface area contributed by atoms with Crippen LogP contribution in [-0.2, 0) is 16.0 Å². The maximum atomic E-state index is 13.2. The van der Waals surface area contributed by atoms with Crippen molar-refractivity contribution in [3.63, 3.8) is 0 Å². The summed E-state index contributed by atoms with van der Waals surface area (Å²) in [7, 11) is 4.45. The first-order valence-electron chi connectivity index (χ1n) is 10.4. The fraction of sp³-hybridized carbons (Fsp3) is 0.364. The molecule has 0 aliphatic carbocycles. The van der Waals surface area contributed by atoms with Gasteiger partial charge in [0, 0.05) is 25.1 Å². The number of nitrogens with zero attached hydrogens (tertiary/aromatic N) is 5. The lowest BCUT2D eigenvalue weighted by Crippen LogP contribution is -2.30. The van der Waals surface area contributed by atoms with E-state index in [-0.39, 0.29) is 24.5 Å². The quantitative estimate of drug-likeness (QED) is 0.419. The Morgan fingerprint density at radius 3 is 2.57 bits per heavy atom. The van der Waals surface area contributed by atoms with Crippen molar-refractivity contribution in [3.8, 4) is 22.9 Å². The first-order valence-corrected chi connectivity index (χ1v) is 10.4. The molecule has 0 saturated carbocycles. The summed E-state index contributed by atoms with van der Waals surface area (Å²) in [4.78, 5) is 23.3. The van der Waals surface area contributed by atoms with Crippen LogP contribution in [0.15, 0.2) is 36.8 Å². The molecule has 1 aliphatic heterocycles. The number of carbonyl (C=O) groups excluding carboxylic acids is 1. The highest BCUT2D eigenvalue weighted by Crippen LogP contribution is 2.39. The van der Waals surface area contributed by atoms with Gasteiger partial charge in [-0.3, -0.25) is 14.4 Å². The van der Waals surface area contributed by atoms with E-state index in [0.717, 1.165) is 6.20 Å². The minimum Gasteiger partial charge on any atom is -0.491 e. The minimum absolute atomic E-state index is 0.116. The maximum Gasteiger partial charge on any atom is 0.408 e. The Labute approximate surface area is 198 Å². The van der Waals surface area contributed by atoms with Crippen LogP contribution in [0.25, 0.3) is 11.3 Å². The van der Waals surface area contributed by atoms with E-state index in [9.17, 15) is 18.0 Å². The zero-order valence-electron chi connectivity index (χ0n) is 19.1. The predicted octanol–water partition coefficient (Wildman–Crippen LogP) is 3.24. The number of amides is 1. The van der Waals surface area contributed by atoms with E-state index in [1.165, 1.54) is 32.4 Å². The average molecular weight is 493 g/mol. The Bertz CT molecular complexity index is 1220. The van der Waals surface area contributed by atoms with Gasteiger partial charge in [0.2, 0.25) is 0 Å². The number of alkyl halides is 3. The number of fused-ring (bicyclic) bond motifs is 1. The highest BCUT2D eigenvalue weighted by molar-refractivity contribution is 6.10. The van der Waals surface area contributed by atoms with Crippen LogP contribution < -0.4 is 14.4 Å². The molecular weight excluding hydrogens is 471 g/mol. The van der Waals surface area contributed by atoms with E-state index in [1.54, 1.807) is 24.4 Å². The second kappa shape index (κ2) is 9.88. The van der Waals surface area contributed by atoms with Crippen molar-refractivity contribution in [1.29, 1.82) is 0 Å². The van der Waals surface area contributed by atoms with Crippen LogP contribution in [0.4, 0.5) is 18.9 Å². The summed E-state index contributed by atoms with van der Waals surface area (Å²) >= 11 is 0. The number of hydrogen-bond donors (Lipinski definition) is 0. The maximum absolute atomic E-state index is 13.2. The lowest BCUT2D eigenvalue weighted by molar-refractivity contribution is -0.142. The molecule has 0 unspecified atom stereocenters. The largest absolute Gasteiger partial charge is 0.491 e. The van der Waals surface area contributed by atoms with E-state index in [4.69, 9.17) is 18.9 Å². The Morgan fingerprint density at radius 1 is 1.09 bits per heavy atom. The van der Waals surface area contributed by atoms with Crippen molar-refractivity contribution >= 4 is 11.6 Å². The molecule has 10 nitrogen and oxygen atoms in total. The first-order chi connectivity index (χ1) is 16.8. The van der Waals surface area contributed by atoms with Crippen molar-refractivity contribution in [2.45, 2.75) is 18.9 Å². The van der Waals surface area contributed by atoms with Crippen molar-refractivity contribution in [2.24, 2.45) is 0 Å². The van der Waals surface area contributed by atoms with Gasteiger partial charge in [-0.25, -0.2) is 9.97 Å². The molecule has 186 valence electrons. The Kier molecular flexibility index (Phi) is 6.89. The summed E-state index contributed by atoms with van der Waals surface area (Å²) in [5, 5.41) is 3.74. The normalized spacial score (nSPS) is 15.4. The Morgan fingerprint density at radius 2 is 1.89 bits per heavy atom. The van der Waals surface area contributed by atoms with Gasteiger partial charge in [-0.05, 0) is 18.2 Å². The van der Waals surface area contributed by atoms with Gasteiger partial charge in [0.05, 0.1) is 50.6 Å². The molecule has 3 aromatic heterocycles. The van der Waals surface area contributed by atoms with Gasteiger partial charge in [-0.15, -0.1) is 0 Å². The smallest absolute Gasteiger partial charge is 0.408 e. The average Bonchev–Trinajstić information content (AvgIpc) is 3.39. The molecule has 0 saturated heterocycles. The third kappa shape index (κ3) is 5.05. The minimum atomic E-state index is -4.46. The number of ether oxygens (including phenoxy) is 4. The van der Waals surface area contributed by atoms with Crippen LogP contribution in [0.2, 0.25) is 0 Å². The van der Waals surface area contributed by atoms with Gasteiger partial charge in [0.15, 0.2) is 12.0 Å². The van der Waals surface area contributed by atoms with Gasteiger partial charge in [0.25, 0.3) is 11.8 Å². The molecule has 1 aliphatic rings. The lowest BCUT2D eigenvalue weighted by atomic mass is 10.1. The van der Waals surface area contributed by atoms with Gasteiger partial charge >= 0.3 is 6.18 Å². The molecule has 0 radical (unpaired) electrons. The van der Waals surface area contributed by atoms with E-state index in [1.807, 2.05) is 0 Å². The molecule has 1 atom stereocenters. The standard InChI is InChI=1S/C22H22F3N5O5/c1-32-6-7-35-21-18-15(20(31)30(21)14-10-27-29(11-14)12-22(23,24)25)4-5-16(28-18)13-8-17(33-2)19(34-3)26-9-13/h4-5,8-11,21H,6-7,12H2,1-3H3/t21-/m0/s1. The molecule has 1 amide bonds. The van der Waals surface area contributed by atoms with E-state index >= 15 is 0 Å². The third-order valence-corrected chi connectivity index (χ3v) is 5.17. The number of pyridine rings is 2. The van der Waals surface area contributed by atoms with Crippen LogP contribution in [0.1, 0.15) is 22.3 Å². The number of halogens is 3. The number of aromatic nitrogens is 4. The second-order valence-electron chi connectivity index (χ2n) is 7.47. The zero-order valence-corrected chi connectivity index (χ0v) is 19.1. The summed E-state index contributed by atoms with van der Waals surface area (Å²) in [5.41, 5.74) is 1.80. The predicted molar refractivity (Wildman–Crippen MR) is 116 cm³/mol. The molecule has 3 aromatic rings. The van der Waals surface area contributed by atoms with Crippen molar-refractivity contribution in [3.05, 3.63) is 48.0 Å². The van der Waals surface area contributed by atoms with Crippen LogP contribution in [0.5, 0.6) is 11.6 Å². The molecule has 0 aromatic carbocycles. The second-order valence-corrected chi connectivity index (χ2v) is 7.47. The lowest BCUT2D eigenvalue weighted by Gasteiger charge is -2.23. The van der Waals surface area contributed by atoms with Gasteiger partial charge < -0.3 is 18.9 Å². The molecule has 0 bridgehead atoms. The fourth-order valence-corrected chi connectivity index (χ4v) is 3.63. The first kappa shape index (κ1) is 24.4. The summed E-state index contributed by atoms with van der Waals surface area (Å²) in [5.74, 6) is 0.226. The molecule has 0 spiro atoms. The molecule has 4 rings (SSSR count). The van der Waals surface area contributed by atoms with Crippen LogP contribution in [0, 0.1) is 0 Å². The number of rotatable bonds is 9. The molecule has 13 heteroatoms. The van der Waals surface area contributed by atoms with Gasteiger partial charge in [0.1, 0.15) is 12.2 Å². The molecule has 4 heterocycles. The molecule has 0 fully saturated rings. The Balaban J connectivity index is 1.71. The highest BCUT2D eigenvalue weighted by Gasteiger charge is 2.41. The molecule has 0 N–H and O–H groups in total. The molecular formula is C22H22F3N5O5. The zero-order chi connectivity index (χ0) is 25.2. The van der Waals surface area contributed by atoms with Crippen LogP contribution in [-0.4, -0.2) is 66.4 Å². The van der Waals surface area contributed by atoms with Crippen molar-refractivity contribution in [1.82, 2.24) is 19.7 Å². The number of hydrogen-bond acceptors (Lipinski definition) is 8. The topological polar surface area (TPSA) is 101 Å². The summed E-state index contributed by atoms with van der Waals surface area (Å²) in [6.45, 7) is -0.933. The number of carbonyl (C=O) groups is 1. The SMILES string of the molecule is COCCO[C@H]1c2nc(-c3cnc(OC)c(OC)c3)ccc2C(=O)N1c1cnn(CC(F)(F)F)c1. The summed E-state index contributed by atoms with van der Waals surface area (Å²) in [6, 6.07) is 4.92. The van der Waals surface area contributed by atoms with Crippen molar-refractivity contribution in [2.75, 3.05) is 39.4 Å². The monoisotopic (exact) mass is 493 g/mol. The third-order valence-electron chi connectivity index (χ3n) is 5.17. The summed E-state index contributed by atoms with van der Waals surface area (Å²) < 4.78 is 60.5. The number of methoxy groups -OCH3 is 3. The van der Waals surface area contributed by atoms with E-state index in [0.29, 0.717) is 33.3 Å². The molecule has 35 heavy (non-hydrogen) atoms. The number of anilines is 1. The van der Waals surface area contributed by atoms with Gasteiger partial charge in [-0.2, -0.15) is 18.3 Å². The van der Waals surface area contributed by atoms with E-state index in [2.05, 4.69) is 15.1 Å². The van der Waals surface area contributed by atoms with Crippen molar-refractivity contribution < 1.29 is 36.9 Å². The summed E-state index contributed by atoms with van der Waals surface area (Å²) in [6.07, 6.45) is -1.58.